The van der Waals surface area contributed by atoms with Gasteiger partial charge in [-0.1, -0.05) is 12.1 Å². The normalized spacial score (nSPS) is 30.5. The molecule has 1 unspecified atom stereocenters. The molecule has 0 saturated carbocycles. The summed E-state index contributed by atoms with van der Waals surface area (Å²) in [5.74, 6) is 0.539. The Labute approximate surface area is 124 Å². The van der Waals surface area contributed by atoms with E-state index in [1.807, 2.05) is 18.2 Å². The van der Waals surface area contributed by atoms with E-state index in [1.165, 1.54) is 0 Å². The second-order valence-corrected chi connectivity index (χ2v) is 6.55. The van der Waals surface area contributed by atoms with Crippen LogP contribution in [0.3, 0.4) is 0 Å². The van der Waals surface area contributed by atoms with Gasteiger partial charge in [-0.25, -0.2) is 0 Å². The van der Waals surface area contributed by atoms with E-state index < -0.39 is 0 Å². The predicted octanol–water partition coefficient (Wildman–Crippen LogP) is 2.09. The van der Waals surface area contributed by atoms with Crippen LogP contribution in [0.1, 0.15) is 47.2 Å². The summed E-state index contributed by atoms with van der Waals surface area (Å²) in [5.41, 5.74) is 3.05. The second-order valence-electron chi connectivity index (χ2n) is 6.55. The lowest BCUT2D eigenvalue weighted by Crippen LogP contribution is -2.47. The third kappa shape index (κ3) is 2.09. The summed E-state index contributed by atoms with van der Waals surface area (Å²) in [5, 5.41) is 9.40. The van der Waals surface area contributed by atoms with E-state index in [2.05, 4.69) is 4.90 Å². The number of rotatable bonds is 2. The minimum absolute atomic E-state index is 0.168. The van der Waals surface area contributed by atoms with E-state index in [9.17, 15) is 9.90 Å². The molecule has 0 spiro atoms. The van der Waals surface area contributed by atoms with Crippen molar-refractivity contribution in [3.05, 3.63) is 34.9 Å². The molecule has 3 heterocycles. The van der Waals surface area contributed by atoms with Gasteiger partial charge < -0.3 is 14.7 Å². The zero-order chi connectivity index (χ0) is 14.4. The van der Waals surface area contributed by atoms with Crippen LogP contribution >= 0.6 is 0 Å². The molecule has 1 aromatic carbocycles. The molecule has 0 aliphatic carbocycles. The topological polar surface area (TPSA) is 49.8 Å². The fourth-order valence-corrected chi connectivity index (χ4v) is 4.31. The molecule has 1 N–H and O–H groups in total. The van der Waals surface area contributed by atoms with Crippen LogP contribution in [0, 0.1) is 5.92 Å². The van der Waals surface area contributed by atoms with Gasteiger partial charge in [0, 0.05) is 24.3 Å². The molecule has 1 amide bonds. The number of aliphatic hydroxyl groups excluding tert-OH is 1. The van der Waals surface area contributed by atoms with Crippen molar-refractivity contribution in [1.29, 1.82) is 0 Å². The number of piperidine rings is 1. The Morgan fingerprint density at radius 2 is 2.00 bits per heavy atom. The standard InChI is InChI=1S/C17H21NO3/c19-8-11-6-13-4-5-14(7-11)18(13)17(20)15-3-1-2-12-9-21-10-16(12)15/h1-3,11,13-14,19H,4-10H2/t11?,13-,14+. The van der Waals surface area contributed by atoms with Gasteiger partial charge in [0.25, 0.3) is 5.91 Å². The van der Waals surface area contributed by atoms with E-state index in [1.54, 1.807) is 0 Å². The first-order valence-corrected chi connectivity index (χ1v) is 7.90. The number of aliphatic hydroxyl groups is 1. The van der Waals surface area contributed by atoms with E-state index in [-0.39, 0.29) is 12.5 Å². The number of carbonyl (C=O) groups is 1. The lowest BCUT2D eigenvalue weighted by atomic mass is 9.90. The first-order valence-electron chi connectivity index (χ1n) is 7.90. The quantitative estimate of drug-likeness (QED) is 0.906. The first-order chi connectivity index (χ1) is 10.3. The summed E-state index contributed by atoms with van der Waals surface area (Å²) < 4.78 is 5.49. The van der Waals surface area contributed by atoms with Crippen LogP contribution < -0.4 is 0 Å². The maximum Gasteiger partial charge on any atom is 0.254 e. The molecule has 1 aromatic rings. The van der Waals surface area contributed by atoms with E-state index in [0.717, 1.165) is 42.4 Å². The molecule has 3 aliphatic heterocycles. The number of amides is 1. The molecule has 21 heavy (non-hydrogen) atoms. The van der Waals surface area contributed by atoms with E-state index in [4.69, 9.17) is 4.74 Å². The number of hydrogen-bond acceptors (Lipinski definition) is 3. The molecule has 4 heteroatoms. The zero-order valence-corrected chi connectivity index (χ0v) is 12.1. The lowest BCUT2D eigenvalue weighted by Gasteiger charge is -2.38. The molecule has 0 radical (unpaired) electrons. The van der Waals surface area contributed by atoms with E-state index >= 15 is 0 Å². The molecule has 2 saturated heterocycles. The predicted molar refractivity (Wildman–Crippen MR) is 77.7 cm³/mol. The molecule has 4 nitrogen and oxygen atoms in total. The van der Waals surface area contributed by atoms with Gasteiger partial charge in [-0.2, -0.15) is 0 Å². The summed E-state index contributed by atoms with van der Waals surface area (Å²) >= 11 is 0. The fraction of sp³-hybridized carbons (Fsp3) is 0.588. The van der Waals surface area contributed by atoms with Crippen molar-refractivity contribution in [3.8, 4) is 0 Å². The Kier molecular flexibility index (Phi) is 3.23. The van der Waals surface area contributed by atoms with Crippen LogP contribution in [0.4, 0.5) is 0 Å². The third-order valence-corrected chi connectivity index (χ3v) is 5.33. The van der Waals surface area contributed by atoms with Gasteiger partial charge in [-0.15, -0.1) is 0 Å². The maximum atomic E-state index is 13.0. The van der Waals surface area contributed by atoms with Gasteiger partial charge in [-0.05, 0) is 48.8 Å². The number of fused-ring (bicyclic) bond motifs is 3. The first kappa shape index (κ1) is 13.3. The SMILES string of the molecule is O=C(c1cccc2c1COC2)N1[C@@H]2CC[C@H]1CC(CO)C2. The van der Waals surface area contributed by atoms with Crippen LogP contribution in [-0.4, -0.2) is 34.6 Å². The lowest BCUT2D eigenvalue weighted by molar-refractivity contribution is 0.0450. The summed E-state index contributed by atoms with van der Waals surface area (Å²) in [6.45, 7) is 1.43. The van der Waals surface area contributed by atoms with Crippen molar-refractivity contribution in [1.82, 2.24) is 4.90 Å². The Morgan fingerprint density at radius 3 is 2.71 bits per heavy atom. The van der Waals surface area contributed by atoms with Crippen molar-refractivity contribution in [2.45, 2.75) is 51.0 Å². The summed E-state index contributed by atoms with van der Waals surface area (Å²) in [6.07, 6.45) is 4.06. The largest absolute Gasteiger partial charge is 0.396 e. The Bertz CT molecular complexity index is 557. The molecule has 4 rings (SSSR count). The van der Waals surface area contributed by atoms with Gasteiger partial charge in [0.1, 0.15) is 0 Å². The number of carbonyl (C=O) groups excluding carboxylic acids is 1. The highest BCUT2D eigenvalue weighted by atomic mass is 16.5. The average molecular weight is 287 g/mol. The smallest absolute Gasteiger partial charge is 0.254 e. The van der Waals surface area contributed by atoms with Crippen molar-refractivity contribution in [3.63, 3.8) is 0 Å². The molecule has 2 fully saturated rings. The van der Waals surface area contributed by atoms with Crippen LogP contribution in [0.2, 0.25) is 0 Å². The molecular formula is C17H21NO3. The minimum Gasteiger partial charge on any atom is -0.396 e. The molecule has 3 aliphatic rings. The number of ether oxygens (including phenoxy) is 1. The number of nitrogens with zero attached hydrogens (tertiary/aromatic N) is 1. The number of benzene rings is 1. The minimum atomic E-state index is 0.168. The summed E-state index contributed by atoms with van der Waals surface area (Å²) in [7, 11) is 0. The third-order valence-electron chi connectivity index (χ3n) is 5.33. The Morgan fingerprint density at radius 1 is 1.24 bits per heavy atom. The Balaban J connectivity index is 1.63. The number of hydrogen-bond donors (Lipinski definition) is 1. The summed E-state index contributed by atoms with van der Waals surface area (Å²) in [4.78, 5) is 15.1. The highest BCUT2D eigenvalue weighted by molar-refractivity contribution is 5.96. The van der Waals surface area contributed by atoms with Crippen molar-refractivity contribution >= 4 is 5.91 Å². The van der Waals surface area contributed by atoms with Crippen LogP contribution in [-0.2, 0) is 18.0 Å². The summed E-state index contributed by atoms with van der Waals surface area (Å²) in [6, 6.07) is 6.57. The molecule has 2 bridgehead atoms. The maximum absolute atomic E-state index is 13.0. The average Bonchev–Trinajstić information content (AvgIpc) is 3.08. The van der Waals surface area contributed by atoms with Crippen LogP contribution in [0.5, 0.6) is 0 Å². The monoisotopic (exact) mass is 287 g/mol. The molecule has 112 valence electrons. The van der Waals surface area contributed by atoms with Gasteiger partial charge >= 0.3 is 0 Å². The highest BCUT2D eigenvalue weighted by Gasteiger charge is 2.43. The second kappa shape index (κ2) is 5.11. The van der Waals surface area contributed by atoms with Crippen LogP contribution in [0.15, 0.2) is 18.2 Å². The van der Waals surface area contributed by atoms with Gasteiger partial charge in [0.2, 0.25) is 0 Å². The van der Waals surface area contributed by atoms with Crippen molar-refractivity contribution in [2.75, 3.05) is 6.61 Å². The molecule has 0 aromatic heterocycles. The molecular weight excluding hydrogens is 266 g/mol. The van der Waals surface area contributed by atoms with Crippen molar-refractivity contribution in [2.24, 2.45) is 5.92 Å². The van der Waals surface area contributed by atoms with Gasteiger partial charge in [0.05, 0.1) is 13.2 Å². The Hall–Kier alpha value is -1.39. The van der Waals surface area contributed by atoms with E-state index in [0.29, 0.717) is 31.2 Å². The highest BCUT2D eigenvalue weighted by Crippen LogP contribution is 2.40. The van der Waals surface area contributed by atoms with Crippen LogP contribution in [0.25, 0.3) is 0 Å². The van der Waals surface area contributed by atoms with Gasteiger partial charge in [-0.3, -0.25) is 4.79 Å². The fourth-order valence-electron chi connectivity index (χ4n) is 4.31. The zero-order valence-electron chi connectivity index (χ0n) is 12.1. The van der Waals surface area contributed by atoms with Gasteiger partial charge in [0.15, 0.2) is 0 Å². The molecule has 3 atom stereocenters. The van der Waals surface area contributed by atoms with Crippen molar-refractivity contribution < 1.29 is 14.6 Å².